The highest BCUT2D eigenvalue weighted by Gasteiger charge is 2.55. The summed E-state index contributed by atoms with van der Waals surface area (Å²) in [6.45, 7) is 6.41. The number of amides is 1. The van der Waals surface area contributed by atoms with E-state index in [4.69, 9.17) is 0 Å². The predicted octanol–water partition coefficient (Wildman–Crippen LogP) is 3.60. The van der Waals surface area contributed by atoms with Crippen molar-refractivity contribution < 1.29 is 9.90 Å². The van der Waals surface area contributed by atoms with Gasteiger partial charge in [-0.1, -0.05) is 43.3 Å². The molecule has 2 aromatic heterocycles. The van der Waals surface area contributed by atoms with Gasteiger partial charge in [0, 0.05) is 19.1 Å². The Morgan fingerprint density at radius 3 is 2.39 bits per heavy atom. The average molecular weight is 448 g/mol. The Kier molecular flexibility index (Phi) is 5.83. The molecule has 3 heterocycles. The Balaban J connectivity index is 0.000000332. The van der Waals surface area contributed by atoms with E-state index < -0.39 is 0 Å². The SMILES string of the molecule is Cc1cc(N2CCC(C)C2)cn2nc(C(=O)NC3CCC34CC(O)C4)nc12.c1ccccc1. The average Bonchev–Trinajstić information content (AvgIpc) is 3.42. The van der Waals surface area contributed by atoms with Crippen molar-refractivity contribution in [3.63, 3.8) is 0 Å². The first kappa shape index (κ1) is 21.9. The molecule has 7 nitrogen and oxygen atoms in total. The van der Waals surface area contributed by atoms with Crippen LogP contribution in [0.3, 0.4) is 0 Å². The molecule has 2 saturated carbocycles. The zero-order valence-corrected chi connectivity index (χ0v) is 19.4. The van der Waals surface area contributed by atoms with Gasteiger partial charge in [-0.05, 0) is 62.0 Å². The van der Waals surface area contributed by atoms with Gasteiger partial charge in [-0.3, -0.25) is 4.79 Å². The zero-order valence-electron chi connectivity index (χ0n) is 19.4. The Hall–Kier alpha value is -2.93. The molecule has 2 N–H and O–H groups in total. The summed E-state index contributed by atoms with van der Waals surface area (Å²) in [5, 5.41) is 17.2. The summed E-state index contributed by atoms with van der Waals surface area (Å²) in [6.07, 6.45) is 6.65. The highest BCUT2D eigenvalue weighted by Crippen LogP contribution is 2.55. The summed E-state index contributed by atoms with van der Waals surface area (Å²) < 4.78 is 1.74. The number of pyridine rings is 1. The van der Waals surface area contributed by atoms with Crippen LogP contribution in [0.15, 0.2) is 48.7 Å². The minimum absolute atomic E-state index is 0.115. The van der Waals surface area contributed by atoms with Crippen molar-refractivity contribution in [2.75, 3.05) is 18.0 Å². The maximum atomic E-state index is 12.7. The molecule has 1 amide bonds. The highest BCUT2D eigenvalue weighted by molar-refractivity contribution is 5.91. The lowest BCUT2D eigenvalue weighted by Crippen LogP contribution is -2.62. The van der Waals surface area contributed by atoms with Gasteiger partial charge in [-0.25, -0.2) is 9.50 Å². The number of hydrogen-bond donors (Lipinski definition) is 2. The van der Waals surface area contributed by atoms with Crippen LogP contribution in [0.5, 0.6) is 0 Å². The van der Waals surface area contributed by atoms with E-state index in [2.05, 4.69) is 33.3 Å². The van der Waals surface area contributed by atoms with E-state index in [1.165, 1.54) is 6.42 Å². The number of carbonyl (C=O) groups excluding carboxylic acids is 1. The first-order valence-corrected chi connectivity index (χ1v) is 12.0. The minimum Gasteiger partial charge on any atom is -0.393 e. The summed E-state index contributed by atoms with van der Waals surface area (Å²) >= 11 is 0. The largest absolute Gasteiger partial charge is 0.393 e. The second-order valence-electron chi connectivity index (χ2n) is 10.1. The molecule has 3 aliphatic rings. The molecule has 0 radical (unpaired) electrons. The molecule has 1 saturated heterocycles. The molecule has 174 valence electrons. The number of aromatic nitrogens is 3. The summed E-state index contributed by atoms with van der Waals surface area (Å²) in [5.74, 6) is 0.727. The molecule has 1 spiro atoms. The number of aliphatic hydroxyl groups excluding tert-OH is 1. The van der Waals surface area contributed by atoms with Crippen LogP contribution in [-0.4, -0.2) is 50.8 Å². The number of aliphatic hydroxyl groups is 1. The third kappa shape index (κ3) is 4.34. The second kappa shape index (κ2) is 8.78. The topological polar surface area (TPSA) is 82.8 Å². The van der Waals surface area contributed by atoms with Crippen molar-refractivity contribution in [2.24, 2.45) is 11.3 Å². The number of nitrogens with one attached hydrogen (secondary N) is 1. The fourth-order valence-corrected chi connectivity index (χ4v) is 5.47. The number of anilines is 1. The van der Waals surface area contributed by atoms with Gasteiger partial charge in [-0.15, -0.1) is 5.10 Å². The van der Waals surface area contributed by atoms with Crippen molar-refractivity contribution in [1.82, 2.24) is 19.9 Å². The summed E-state index contributed by atoms with van der Waals surface area (Å²) in [5.41, 5.74) is 3.02. The molecular formula is C26H33N5O2. The van der Waals surface area contributed by atoms with E-state index in [0.29, 0.717) is 5.92 Å². The van der Waals surface area contributed by atoms with Crippen molar-refractivity contribution in [3.05, 3.63) is 60.0 Å². The van der Waals surface area contributed by atoms with Crippen LogP contribution in [0.2, 0.25) is 0 Å². The monoisotopic (exact) mass is 447 g/mol. The summed E-state index contributed by atoms with van der Waals surface area (Å²) in [4.78, 5) is 19.6. The maximum Gasteiger partial charge on any atom is 0.291 e. The van der Waals surface area contributed by atoms with Gasteiger partial charge >= 0.3 is 0 Å². The number of hydrogen-bond acceptors (Lipinski definition) is 5. The van der Waals surface area contributed by atoms with Gasteiger partial charge < -0.3 is 15.3 Å². The van der Waals surface area contributed by atoms with E-state index in [1.54, 1.807) is 4.52 Å². The lowest BCUT2D eigenvalue weighted by Gasteiger charge is -2.58. The van der Waals surface area contributed by atoms with Crippen LogP contribution in [0.25, 0.3) is 5.65 Å². The molecule has 3 aromatic rings. The first-order valence-electron chi connectivity index (χ1n) is 12.0. The molecular weight excluding hydrogens is 414 g/mol. The number of aryl methyl sites for hydroxylation is 1. The van der Waals surface area contributed by atoms with E-state index in [0.717, 1.165) is 55.7 Å². The van der Waals surface area contributed by atoms with Crippen molar-refractivity contribution in [3.8, 4) is 0 Å². The first-order chi connectivity index (χ1) is 15.9. The number of nitrogens with zero attached hydrogens (tertiary/aromatic N) is 4. The fourth-order valence-electron chi connectivity index (χ4n) is 5.47. The number of carbonyl (C=O) groups is 1. The smallest absolute Gasteiger partial charge is 0.291 e. The Labute approximate surface area is 194 Å². The van der Waals surface area contributed by atoms with E-state index in [1.807, 2.05) is 49.5 Å². The van der Waals surface area contributed by atoms with Crippen molar-refractivity contribution in [2.45, 2.75) is 58.1 Å². The summed E-state index contributed by atoms with van der Waals surface area (Å²) in [7, 11) is 0. The summed E-state index contributed by atoms with van der Waals surface area (Å²) in [6, 6.07) is 14.3. The molecule has 33 heavy (non-hydrogen) atoms. The zero-order chi connectivity index (χ0) is 23.0. The highest BCUT2D eigenvalue weighted by atomic mass is 16.3. The van der Waals surface area contributed by atoms with Gasteiger partial charge in [-0.2, -0.15) is 0 Å². The Morgan fingerprint density at radius 2 is 1.85 bits per heavy atom. The molecule has 1 aromatic carbocycles. The third-order valence-corrected chi connectivity index (χ3v) is 7.52. The standard InChI is InChI=1S/C20H27N5O2.C6H6/c1-12-4-6-24(10-12)14-7-13(2)18-22-17(23-25(18)11-14)19(27)21-16-3-5-20(16)8-15(26)9-20;1-2-4-6-5-3-1/h7,11-12,15-16,26H,3-6,8-10H2,1-2H3,(H,21,27);1-6H. The molecule has 2 unspecified atom stereocenters. The lowest BCUT2D eigenvalue weighted by atomic mass is 9.52. The molecule has 1 aliphatic heterocycles. The third-order valence-electron chi connectivity index (χ3n) is 7.52. The van der Waals surface area contributed by atoms with Crippen molar-refractivity contribution in [1.29, 1.82) is 0 Å². The van der Waals surface area contributed by atoms with Crippen LogP contribution >= 0.6 is 0 Å². The number of benzene rings is 1. The van der Waals surface area contributed by atoms with E-state index >= 15 is 0 Å². The van der Waals surface area contributed by atoms with Crippen molar-refractivity contribution >= 4 is 17.2 Å². The molecule has 0 bridgehead atoms. The molecule has 6 rings (SSSR count). The van der Waals surface area contributed by atoms with E-state index in [9.17, 15) is 9.90 Å². The van der Waals surface area contributed by atoms with Gasteiger partial charge in [0.1, 0.15) is 0 Å². The van der Waals surface area contributed by atoms with Crippen LogP contribution < -0.4 is 10.2 Å². The van der Waals surface area contributed by atoms with Gasteiger partial charge in [0.05, 0.1) is 18.0 Å². The Bertz CT molecular complexity index is 1100. The normalized spacial score (nSPS) is 28.1. The van der Waals surface area contributed by atoms with E-state index in [-0.39, 0.29) is 29.3 Å². The molecule has 2 atom stereocenters. The minimum atomic E-state index is -0.208. The fraction of sp³-hybridized carbons (Fsp3) is 0.500. The number of rotatable bonds is 3. The van der Waals surface area contributed by atoms with Gasteiger partial charge in [0.2, 0.25) is 5.82 Å². The van der Waals surface area contributed by atoms with Crippen LogP contribution in [0.1, 0.15) is 55.2 Å². The van der Waals surface area contributed by atoms with Gasteiger partial charge in [0.25, 0.3) is 5.91 Å². The van der Waals surface area contributed by atoms with Crippen LogP contribution in [0.4, 0.5) is 5.69 Å². The number of fused-ring (bicyclic) bond motifs is 1. The molecule has 7 heteroatoms. The lowest BCUT2D eigenvalue weighted by molar-refractivity contribution is -0.104. The van der Waals surface area contributed by atoms with Crippen LogP contribution in [-0.2, 0) is 0 Å². The Morgan fingerprint density at radius 1 is 1.15 bits per heavy atom. The second-order valence-corrected chi connectivity index (χ2v) is 10.1. The molecule has 3 fully saturated rings. The van der Waals surface area contributed by atoms with Gasteiger partial charge in [0.15, 0.2) is 5.65 Å². The maximum absolute atomic E-state index is 12.7. The van der Waals surface area contributed by atoms with Crippen LogP contribution in [0, 0.1) is 18.3 Å². The predicted molar refractivity (Wildman–Crippen MR) is 128 cm³/mol. The molecule has 2 aliphatic carbocycles. The quantitative estimate of drug-likeness (QED) is 0.641.